The van der Waals surface area contributed by atoms with Crippen LogP contribution in [-0.2, 0) is 4.79 Å². The van der Waals surface area contributed by atoms with E-state index in [4.69, 9.17) is 4.42 Å². The Labute approximate surface area is 183 Å². The predicted octanol–water partition coefficient (Wildman–Crippen LogP) is 5.66. The van der Waals surface area contributed by atoms with E-state index in [0.717, 1.165) is 26.2 Å². The average molecular weight is 487 g/mol. The second-order valence-electron chi connectivity index (χ2n) is 6.01. The number of halogens is 1. The second-order valence-corrected chi connectivity index (χ2v) is 9.05. The number of nitrogens with one attached hydrogen (secondary N) is 1. The van der Waals surface area contributed by atoms with Gasteiger partial charge >= 0.3 is 0 Å². The molecule has 0 fully saturated rings. The number of amides is 1. The number of thioether (sulfide) groups is 1. The highest BCUT2D eigenvalue weighted by molar-refractivity contribution is 9.10. The van der Waals surface area contributed by atoms with Crippen molar-refractivity contribution < 1.29 is 9.21 Å². The van der Waals surface area contributed by atoms with Crippen molar-refractivity contribution in [2.75, 3.05) is 11.1 Å². The van der Waals surface area contributed by atoms with E-state index in [1.54, 1.807) is 0 Å². The summed E-state index contributed by atoms with van der Waals surface area (Å²) in [5, 5.41) is 11.8. The lowest BCUT2D eigenvalue weighted by Gasteiger charge is -1.99. The molecule has 0 spiro atoms. The molecule has 146 valence electrons. The minimum absolute atomic E-state index is 0.154. The Morgan fingerprint density at radius 2 is 1.86 bits per heavy atom. The van der Waals surface area contributed by atoms with E-state index < -0.39 is 0 Å². The fourth-order valence-corrected chi connectivity index (χ4v) is 4.25. The molecule has 0 aliphatic rings. The third-order valence-electron chi connectivity index (χ3n) is 3.91. The lowest BCUT2D eigenvalue weighted by molar-refractivity contribution is -0.113. The van der Waals surface area contributed by atoms with E-state index in [2.05, 4.69) is 36.4 Å². The third-order valence-corrected chi connectivity index (χ3v) is 6.15. The van der Waals surface area contributed by atoms with E-state index in [9.17, 15) is 4.79 Å². The molecular weight excluding hydrogens is 472 g/mol. The summed E-state index contributed by atoms with van der Waals surface area (Å²) in [6.45, 7) is 1.99. The van der Waals surface area contributed by atoms with Crippen LogP contribution in [0.3, 0.4) is 0 Å². The molecule has 0 bridgehead atoms. The van der Waals surface area contributed by atoms with Crippen LogP contribution in [-0.4, -0.2) is 26.8 Å². The van der Waals surface area contributed by atoms with Crippen molar-refractivity contribution in [1.82, 2.24) is 15.2 Å². The summed E-state index contributed by atoms with van der Waals surface area (Å²) in [6, 6.07) is 17.5. The zero-order valence-corrected chi connectivity index (χ0v) is 18.5. The first kappa shape index (κ1) is 19.8. The number of aryl methyl sites for hydroxylation is 1. The van der Waals surface area contributed by atoms with Crippen LogP contribution in [0.1, 0.15) is 4.88 Å². The largest absolute Gasteiger partial charge is 0.411 e. The van der Waals surface area contributed by atoms with Gasteiger partial charge in [0.25, 0.3) is 5.22 Å². The van der Waals surface area contributed by atoms with Gasteiger partial charge < -0.3 is 9.73 Å². The van der Waals surface area contributed by atoms with Gasteiger partial charge in [0.15, 0.2) is 5.13 Å². The van der Waals surface area contributed by atoms with Crippen LogP contribution < -0.4 is 5.32 Å². The number of hydrogen-bond donors (Lipinski definition) is 1. The number of hydrogen-bond acceptors (Lipinski definition) is 7. The Morgan fingerprint density at radius 3 is 2.62 bits per heavy atom. The van der Waals surface area contributed by atoms with Crippen LogP contribution in [0.2, 0.25) is 0 Å². The topological polar surface area (TPSA) is 80.9 Å². The minimum atomic E-state index is -0.174. The molecule has 0 saturated heterocycles. The quantitative estimate of drug-likeness (QED) is 0.354. The molecule has 0 saturated carbocycles. The van der Waals surface area contributed by atoms with Crippen molar-refractivity contribution in [3.63, 3.8) is 0 Å². The van der Waals surface area contributed by atoms with E-state index in [0.29, 0.717) is 16.2 Å². The first-order valence-electron chi connectivity index (χ1n) is 8.63. The number of aromatic nitrogens is 3. The highest BCUT2D eigenvalue weighted by atomic mass is 79.9. The fraction of sp³-hybridized carbons (Fsp3) is 0.100. The number of carbonyl (C=O) groups is 1. The van der Waals surface area contributed by atoms with E-state index in [1.807, 2.05) is 61.5 Å². The summed E-state index contributed by atoms with van der Waals surface area (Å²) < 4.78 is 6.60. The summed E-state index contributed by atoms with van der Waals surface area (Å²) in [4.78, 5) is 17.9. The Kier molecular flexibility index (Phi) is 6.08. The predicted molar refractivity (Wildman–Crippen MR) is 119 cm³/mol. The summed E-state index contributed by atoms with van der Waals surface area (Å²) in [5.41, 5.74) is 2.74. The average Bonchev–Trinajstić information content (AvgIpc) is 3.34. The number of thiazole rings is 1. The Morgan fingerprint density at radius 1 is 1.10 bits per heavy atom. The first-order chi connectivity index (χ1) is 14.1. The molecule has 1 N–H and O–H groups in total. The van der Waals surface area contributed by atoms with Crippen molar-refractivity contribution in [2.24, 2.45) is 0 Å². The molecule has 0 unspecified atom stereocenters. The molecule has 9 heteroatoms. The van der Waals surface area contributed by atoms with E-state index >= 15 is 0 Å². The maximum absolute atomic E-state index is 12.3. The second kappa shape index (κ2) is 8.89. The number of benzene rings is 2. The van der Waals surface area contributed by atoms with Crippen LogP contribution in [0.5, 0.6) is 0 Å². The zero-order valence-electron chi connectivity index (χ0n) is 15.3. The van der Waals surface area contributed by atoms with Gasteiger partial charge in [0.05, 0.1) is 11.4 Å². The van der Waals surface area contributed by atoms with Gasteiger partial charge in [0, 0.05) is 20.5 Å². The summed E-state index contributed by atoms with van der Waals surface area (Å²) in [6.07, 6.45) is 0. The van der Waals surface area contributed by atoms with Gasteiger partial charge in [0.2, 0.25) is 11.8 Å². The van der Waals surface area contributed by atoms with E-state index in [1.165, 1.54) is 23.1 Å². The molecule has 4 rings (SSSR count). The molecule has 0 aliphatic carbocycles. The van der Waals surface area contributed by atoms with Crippen LogP contribution in [0.15, 0.2) is 68.7 Å². The van der Waals surface area contributed by atoms with Gasteiger partial charge in [-0.15, -0.1) is 21.5 Å². The third kappa shape index (κ3) is 4.92. The summed E-state index contributed by atoms with van der Waals surface area (Å²) in [5.74, 6) is 0.400. The molecule has 29 heavy (non-hydrogen) atoms. The monoisotopic (exact) mass is 486 g/mol. The van der Waals surface area contributed by atoms with Gasteiger partial charge in [-0.2, -0.15) is 0 Å². The SMILES string of the molecule is Cc1sc(NC(=O)CSc2nnc(-c3ccc(Br)cc3)o2)nc1-c1ccccc1. The summed E-state index contributed by atoms with van der Waals surface area (Å²) in [7, 11) is 0. The molecule has 2 aromatic heterocycles. The Hall–Kier alpha value is -2.49. The van der Waals surface area contributed by atoms with Crippen LogP contribution in [0, 0.1) is 6.92 Å². The van der Waals surface area contributed by atoms with Gasteiger partial charge in [-0.25, -0.2) is 4.98 Å². The minimum Gasteiger partial charge on any atom is -0.411 e. The molecular formula is C20H15BrN4O2S2. The molecule has 1 amide bonds. The first-order valence-corrected chi connectivity index (χ1v) is 11.2. The van der Waals surface area contributed by atoms with Crippen LogP contribution in [0.4, 0.5) is 5.13 Å². The van der Waals surface area contributed by atoms with Crippen LogP contribution in [0.25, 0.3) is 22.7 Å². The fourth-order valence-electron chi connectivity index (χ4n) is 2.57. The van der Waals surface area contributed by atoms with Crippen molar-refractivity contribution >= 4 is 50.1 Å². The van der Waals surface area contributed by atoms with Crippen LogP contribution >= 0.6 is 39.0 Å². The zero-order chi connectivity index (χ0) is 20.2. The van der Waals surface area contributed by atoms with Gasteiger partial charge in [-0.1, -0.05) is 58.0 Å². The lowest BCUT2D eigenvalue weighted by Crippen LogP contribution is -2.13. The number of nitrogens with zero attached hydrogens (tertiary/aromatic N) is 3. The Balaban J connectivity index is 1.36. The summed E-state index contributed by atoms with van der Waals surface area (Å²) >= 11 is 6.03. The molecule has 6 nitrogen and oxygen atoms in total. The molecule has 0 atom stereocenters. The maximum Gasteiger partial charge on any atom is 0.277 e. The highest BCUT2D eigenvalue weighted by Gasteiger charge is 2.14. The molecule has 2 heterocycles. The highest BCUT2D eigenvalue weighted by Crippen LogP contribution is 2.30. The molecule has 2 aromatic carbocycles. The van der Waals surface area contributed by atoms with Crippen molar-refractivity contribution in [2.45, 2.75) is 12.1 Å². The number of anilines is 1. The van der Waals surface area contributed by atoms with Gasteiger partial charge in [-0.3, -0.25) is 4.79 Å². The smallest absolute Gasteiger partial charge is 0.277 e. The van der Waals surface area contributed by atoms with Gasteiger partial charge in [-0.05, 0) is 31.2 Å². The Bertz CT molecular complexity index is 1130. The van der Waals surface area contributed by atoms with Crippen molar-refractivity contribution in [1.29, 1.82) is 0 Å². The molecule has 4 aromatic rings. The lowest BCUT2D eigenvalue weighted by atomic mass is 10.1. The maximum atomic E-state index is 12.3. The molecule has 0 aliphatic heterocycles. The molecule has 0 radical (unpaired) electrons. The standard InChI is InChI=1S/C20H15BrN4O2S2/c1-12-17(13-5-3-2-4-6-13)23-19(29-12)22-16(26)11-28-20-25-24-18(27-20)14-7-9-15(21)10-8-14/h2-10H,11H2,1H3,(H,22,23,26). The number of carbonyl (C=O) groups excluding carboxylic acids is 1. The number of rotatable bonds is 6. The van der Waals surface area contributed by atoms with E-state index in [-0.39, 0.29) is 11.7 Å². The van der Waals surface area contributed by atoms with Crippen molar-refractivity contribution in [3.05, 3.63) is 63.9 Å². The van der Waals surface area contributed by atoms with Gasteiger partial charge in [0.1, 0.15) is 0 Å². The van der Waals surface area contributed by atoms with Crippen molar-refractivity contribution in [3.8, 4) is 22.7 Å². The normalized spacial score (nSPS) is 10.8.